The molecule has 1 fully saturated rings. The summed E-state index contributed by atoms with van der Waals surface area (Å²) in [5.74, 6) is 0.586. The van der Waals surface area contributed by atoms with E-state index in [0.29, 0.717) is 25.5 Å². The average Bonchev–Trinajstić information content (AvgIpc) is 3.02. The first kappa shape index (κ1) is 23.8. The summed E-state index contributed by atoms with van der Waals surface area (Å²) in [5, 5.41) is 4.46. The van der Waals surface area contributed by atoms with Crippen molar-refractivity contribution >= 4 is 11.7 Å². The highest BCUT2D eigenvalue weighted by Crippen LogP contribution is 2.23. The third-order valence-corrected chi connectivity index (χ3v) is 6.65. The van der Waals surface area contributed by atoms with Crippen molar-refractivity contribution in [2.24, 2.45) is 20.0 Å². The standard InChI is InChI=1S/C23H36N6O3/c1-7-11-29-20(14-21(30)26(5)23(29)32)28-12-8-9-18(15-28)22(31)25(4)13-10-19-16(2)24-27(6)17(19)3/h14,18H,7-13,15H2,1-6H3. The molecule has 9 nitrogen and oxygen atoms in total. The van der Waals surface area contributed by atoms with E-state index < -0.39 is 0 Å². The van der Waals surface area contributed by atoms with E-state index in [-0.39, 0.29) is 23.1 Å². The Morgan fingerprint density at radius 3 is 2.59 bits per heavy atom. The Kier molecular flexibility index (Phi) is 7.26. The number of rotatable bonds is 7. The molecule has 2 aromatic heterocycles. The van der Waals surface area contributed by atoms with Crippen LogP contribution in [-0.2, 0) is 31.9 Å². The van der Waals surface area contributed by atoms with Crippen molar-refractivity contribution in [3.05, 3.63) is 43.9 Å². The first-order valence-corrected chi connectivity index (χ1v) is 11.5. The highest BCUT2D eigenvalue weighted by molar-refractivity contribution is 5.79. The van der Waals surface area contributed by atoms with Crippen LogP contribution in [0.1, 0.15) is 43.1 Å². The molecule has 9 heteroatoms. The lowest BCUT2D eigenvalue weighted by atomic mass is 9.96. The van der Waals surface area contributed by atoms with Crippen LogP contribution < -0.4 is 16.1 Å². The summed E-state index contributed by atoms with van der Waals surface area (Å²) < 4.78 is 4.68. The number of anilines is 1. The molecule has 32 heavy (non-hydrogen) atoms. The molecule has 3 heterocycles. The fraction of sp³-hybridized carbons (Fsp3) is 0.652. The maximum Gasteiger partial charge on any atom is 0.332 e. The monoisotopic (exact) mass is 444 g/mol. The van der Waals surface area contributed by atoms with Crippen molar-refractivity contribution in [1.82, 2.24) is 23.8 Å². The predicted octanol–water partition coefficient (Wildman–Crippen LogP) is 1.22. The van der Waals surface area contributed by atoms with E-state index in [9.17, 15) is 14.4 Å². The molecule has 0 bridgehead atoms. The summed E-state index contributed by atoms with van der Waals surface area (Å²) in [7, 11) is 5.30. The Bertz CT molecular complexity index is 1100. The number of hydrogen-bond acceptors (Lipinski definition) is 5. The molecule has 0 spiro atoms. The number of amides is 1. The number of piperidine rings is 1. The second kappa shape index (κ2) is 9.75. The molecule has 1 saturated heterocycles. The second-order valence-corrected chi connectivity index (χ2v) is 8.90. The third-order valence-electron chi connectivity index (χ3n) is 6.65. The fourth-order valence-electron chi connectivity index (χ4n) is 4.62. The van der Waals surface area contributed by atoms with Gasteiger partial charge in [0.1, 0.15) is 5.82 Å². The van der Waals surface area contributed by atoms with Gasteiger partial charge in [-0.1, -0.05) is 6.92 Å². The second-order valence-electron chi connectivity index (χ2n) is 8.90. The molecule has 176 valence electrons. The molecular weight excluding hydrogens is 408 g/mol. The Labute approximate surface area is 189 Å². The van der Waals surface area contributed by atoms with Crippen LogP contribution in [0.3, 0.4) is 0 Å². The van der Waals surface area contributed by atoms with Gasteiger partial charge in [-0.05, 0) is 45.1 Å². The smallest absolute Gasteiger partial charge is 0.332 e. The van der Waals surface area contributed by atoms with Gasteiger partial charge in [-0.2, -0.15) is 5.10 Å². The van der Waals surface area contributed by atoms with Crippen LogP contribution in [0.25, 0.3) is 0 Å². The summed E-state index contributed by atoms with van der Waals surface area (Å²) in [6.07, 6.45) is 3.22. The van der Waals surface area contributed by atoms with Gasteiger partial charge in [-0.3, -0.25) is 23.4 Å². The van der Waals surface area contributed by atoms with Gasteiger partial charge in [-0.15, -0.1) is 0 Å². The SMILES string of the molecule is CCCn1c(N2CCCC(C(=O)N(C)CCc3c(C)nn(C)c3C)C2)cc(=O)n(C)c1=O. The Morgan fingerprint density at radius 2 is 1.97 bits per heavy atom. The highest BCUT2D eigenvalue weighted by Gasteiger charge is 2.30. The van der Waals surface area contributed by atoms with Crippen molar-refractivity contribution in [3.63, 3.8) is 0 Å². The van der Waals surface area contributed by atoms with Crippen molar-refractivity contribution in [2.75, 3.05) is 31.6 Å². The zero-order chi connectivity index (χ0) is 23.6. The maximum absolute atomic E-state index is 13.2. The third kappa shape index (κ3) is 4.66. The van der Waals surface area contributed by atoms with Gasteiger partial charge in [0, 0.05) is 59.1 Å². The number of carbonyl (C=O) groups is 1. The summed E-state index contributed by atoms with van der Waals surface area (Å²) >= 11 is 0. The van der Waals surface area contributed by atoms with Crippen LogP contribution in [0, 0.1) is 19.8 Å². The normalized spacial score (nSPS) is 16.4. The summed E-state index contributed by atoms with van der Waals surface area (Å²) in [5.41, 5.74) is 2.72. The van der Waals surface area contributed by atoms with Crippen LogP contribution in [0.5, 0.6) is 0 Å². The largest absolute Gasteiger partial charge is 0.357 e. The number of aromatic nitrogens is 4. The lowest BCUT2D eigenvalue weighted by Gasteiger charge is -2.36. The van der Waals surface area contributed by atoms with Gasteiger partial charge in [0.05, 0.1) is 11.6 Å². The molecule has 0 radical (unpaired) electrons. The number of hydrogen-bond donors (Lipinski definition) is 0. The molecule has 3 rings (SSSR count). The van der Waals surface area contributed by atoms with Crippen LogP contribution in [0.15, 0.2) is 15.7 Å². The van der Waals surface area contributed by atoms with Crippen molar-refractivity contribution < 1.29 is 4.79 Å². The number of aryl methyl sites for hydroxylation is 2. The molecule has 0 saturated carbocycles. The van der Waals surface area contributed by atoms with E-state index in [1.165, 1.54) is 18.7 Å². The van der Waals surface area contributed by atoms with Gasteiger partial charge in [-0.25, -0.2) is 4.79 Å². The van der Waals surface area contributed by atoms with E-state index >= 15 is 0 Å². The average molecular weight is 445 g/mol. The van der Waals surface area contributed by atoms with E-state index in [1.54, 1.807) is 4.57 Å². The first-order valence-electron chi connectivity index (χ1n) is 11.5. The van der Waals surface area contributed by atoms with Gasteiger partial charge in [0.15, 0.2) is 0 Å². The lowest BCUT2D eigenvalue weighted by Crippen LogP contribution is -2.47. The first-order chi connectivity index (χ1) is 15.1. The molecule has 1 aliphatic rings. The molecule has 1 atom stereocenters. The minimum absolute atomic E-state index is 0.113. The van der Waals surface area contributed by atoms with Crippen LogP contribution >= 0.6 is 0 Å². The molecule has 1 aliphatic heterocycles. The van der Waals surface area contributed by atoms with E-state index in [2.05, 4.69) is 12.0 Å². The number of nitrogens with zero attached hydrogens (tertiary/aromatic N) is 6. The molecule has 0 aromatic carbocycles. The van der Waals surface area contributed by atoms with Crippen molar-refractivity contribution in [3.8, 4) is 0 Å². The zero-order valence-electron chi connectivity index (χ0n) is 20.2. The predicted molar refractivity (Wildman–Crippen MR) is 125 cm³/mol. The van der Waals surface area contributed by atoms with E-state index in [0.717, 1.165) is 48.2 Å². The fourth-order valence-corrected chi connectivity index (χ4v) is 4.62. The number of carbonyl (C=O) groups excluding carboxylic acids is 1. The van der Waals surface area contributed by atoms with Crippen LogP contribution in [0.4, 0.5) is 5.82 Å². The van der Waals surface area contributed by atoms with Gasteiger partial charge in [0.2, 0.25) is 5.91 Å². The Morgan fingerprint density at radius 1 is 1.25 bits per heavy atom. The quantitative estimate of drug-likeness (QED) is 0.641. The van der Waals surface area contributed by atoms with Crippen molar-refractivity contribution in [1.29, 1.82) is 0 Å². The number of likely N-dealkylation sites (N-methyl/N-ethyl adjacent to an activating group) is 1. The summed E-state index contributed by atoms with van der Waals surface area (Å²) in [4.78, 5) is 42.0. The van der Waals surface area contributed by atoms with Crippen molar-refractivity contribution in [2.45, 2.75) is 53.0 Å². The molecular formula is C23H36N6O3. The topological polar surface area (TPSA) is 85.4 Å². The minimum atomic E-state index is -0.315. The highest BCUT2D eigenvalue weighted by atomic mass is 16.2. The van der Waals surface area contributed by atoms with Gasteiger partial charge >= 0.3 is 5.69 Å². The molecule has 2 aromatic rings. The minimum Gasteiger partial charge on any atom is -0.357 e. The molecule has 1 amide bonds. The maximum atomic E-state index is 13.2. The summed E-state index contributed by atoms with van der Waals surface area (Å²) in [6, 6.07) is 1.53. The van der Waals surface area contributed by atoms with Crippen LogP contribution in [0.2, 0.25) is 0 Å². The van der Waals surface area contributed by atoms with E-state index in [1.807, 2.05) is 42.4 Å². The Balaban J connectivity index is 1.74. The Hall–Kier alpha value is -2.84. The summed E-state index contributed by atoms with van der Waals surface area (Å²) in [6.45, 7) is 8.49. The van der Waals surface area contributed by atoms with Gasteiger partial charge in [0.25, 0.3) is 5.56 Å². The zero-order valence-corrected chi connectivity index (χ0v) is 20.2. The lowest BCUT2D eigenvalue weighted by molar-refractivity contribution is -0.134. The molecule has 1 unspecified atom stereocenters. The molecule has 0 aliphatic carbocycles. The molecule has 0 N–H and O–H groups in total. The van der Waals surface area contributed by atoms with Crippen LogP contribution in [-0.4, -0.2) is 56.4 Å². The van der Waals surface area contributed by atoms with Gasteiger partial charge < -0.3 is 9.80 Å². The van der Waals surface area contributed by atoms with E-state index in [4.69, 9.17) is 0 Å².